The first-order valence-electron chi connectivity index (χ1n) is 4.57. The molecule has 5 heteroatoms. The lowest BCUT2D eigenvalue weighted by molar-refractivity contribution is 0.441. The Bertz CT molecular complexity index is 362. The maximum atomic E-state index is 11.4. The van der Waals surface area contributed by atoms with Gasteiger partial charge in [-0.05, 0) is 12.2 Å². The van der Waals surface area contributed by atoms with Crippen LogP contribution in [0.3, 0.4) is 0 Å². The molecule has 0 aromatic carbocycles. The van der Waals surface area contributed by atoms with E-state index in [1.54, 1.807) is 11.8 Å². The molecule has 14 heavy (non-hydrogen) atoms. The Balaban J connectivity index is 2.96. The second kappa shape index (κ2) is 5.05. The Morgan fingerprint density at radius 2 is 2.21 bits per heavy atom. The third-order valence-electron chi connectivity index (χ3n) is 1.84. The van der Waals surface area contributed by atoms with E-state index in [0.717, 1.165) is 5.75 Å². The molecule has 1 aromatic heterocycles. The Labute approximate surface area is 86.8 Å². The lowest BCUT2D eigenvalue weighted by atomic mass is 10.2. The topological polar surface area (TPSA) is 66.0 Å². The summed E-state index contributed by atoms with van der Waals surface area (Å²) in [7, 11) is 0. The minimum atomic E-state index is -0.230. The Morgan fingerprint density at radius 1 is 1.50 bits per heavy atom. The van der Waals surface area contributed by atoms with E-state index in [1.807, 2.05) is 13.8 Å². The van der Waals surface area contributed by atoms with Crippen LogP contribution in [0.2, 0.25) is 0 Å². The Hall–Kier alpha value is -0.970. The summed E-state index contributed by atoms with van der Waals surface area (Å²) in [6, 6.07) is 0. The molecular weight excluding hydrogens is 200 g/mol. The lowest BCUT2D eigenvalue weighted by Gasteiger charge is -2.03. The van der Waals surface area contributed by atoms with Crippen molar-refractivity contribution in [2.24, 2.45) is 0 Å². The molecule has 0 aliphatic carbocycles. The zero-order valence-electron chi connectivity index (χ0n) is 8.33. The molecule has 1 aromatic rings. The molecule has 0 saturated carbocycles. The predicted molar refractivity (Wildman–Crippen MR) is 57.7 cm³/mol. The number of aromatic hydroxyl groups is 1. The van der Waals surface area contributed by atoms with Gasteiger partial charge in [-0.2, -0.15) is 16.7 Å². The fraction of sp³-hybridized carbons (Fsp3) is 0.556. The summed E-state index contributed by atoms with van der Waals surface area (Å²) >= 11 is 1.65. The average molecular weight is 214 g/mol. The highest BCUT2D eigenvalue weighted by molar-refractivity contribution is 7.98. The van der Waals surface area contributed by atoms with E-state index < -0.39 is 0 Å². The quantitative estimate of drug-likeness (QED) is 0.792. The molecule has 0 unspecified atom stereocenters. The van der Waals surface area contributed by atoms with Crippen LogP contribution in [0.25, 0.3) is 0 Å². The van der Waals surface area contributed by atoms with Crippen molar-refractivity contribution in [3.63, 3.8) is 0 Å². The van der Waals surface area contributed by atoms with Crippen molar-refractivity contribution in [1.82, 2.24) is 9.97 Å². The molecule has 0 amide bonds. The van der Waals surface area contributed by atoms with Crippen LogP contribution in [-0.4, -0.2) is 20.8 Å². The molecule has 0 aliphatic rings. The molecule has 1 rings (SSSR count). The predicted octanol–water partition coefficient (Wildman–Crippen LogP) is 1.29. The van der Waals surface area contributed by atoms with Gasteiger partial charge in [-0.15, -0.1) is 0 Å². The van der Waals surface area contributed by atoms with Crippen LogP contribution < -0.4 is 5.56 Å². The van der Waals surface area contributed by atoms with Gasteiger partial charge in [0.05, 0.1) is 11.3 Å². The van der Waals surface area contributed by atoms with Crippen molar-refractivity contribution in [3.8, 4) is 5.88 Å². The smallest absolute Gasteiger partial charge is 0.257 e. The molecule has 0 bridgehead atoms. The first kappa shape index (κ1) is 11.1. The van der Waals surface area contributed by atoms with Crippen LogP contribution in [-0.2, 0) is 12.2 Å². The van der Waals surface area contributed by atoms with Crippen LogP contribution in [0.1, 0.15) is 25.2 Å². The minimum absolute atomic E-state index is 0.136. The molecule has 1 heterocycles. The molecule has 4 nitrogen and oxygen atoms in total. The molecule has 0 aliphatic heterocycles. The summed E-state index contributed by atoms with van der Waals surface area (Å²) in [5, 5.41) is 9.43. The van der Waals surface area contributed by atoms with Gasteiger partial charge in [0, 0.05) is 0 Å². The molecule has 0 spiro atoms. The number of hydrogen-bond donors (Lipinski definition) is 2. The third kappa shape index (κ3) is 2.51. The van der Waals surface area contributed by atoms with E-state index in [2.05, 4.69) is 9.97 Å². The van der Waals surface area contributed by atoms with Crippen molar-refractivity contribution >= 4 is 11.8 Å². The SMILES string of the molecule is CCSCc1nc(O)c(CC)c(=O)[nH]1. The summed E-state index contributed by atoms with van der Waals surface area (Å²) in [6.07, 6.45) is 0.495. The van der Waals surface area contributed by atoms with Crippen molar-refractivity contribution in [2.45, 2.75) is 26.0 Å². The highest BCUT2D eigenvalue weighted by atomic mass is 32.2. The molecule has 0 radical (unpaired) electrons. The number of nitrogens with zero attached hydrogens (tertiary/aromatic N) is 1. The first-order valence-corrected chi connectivity index (χ1v) is 5.73. The van der Waals surface area contributed by atoms with Gasteiger partial charge in [0.2, 0.25) is 5.88 Å². The zero-order chi connectivity index (χ0) is 10.6. The minimum Gasteiger partial charge on any atom is -0.493 e. The largest absolute Gasteiger partial charge is 0.493 e. The molecule has 78 valence electrons. The number of nitrogens with one attached hydrogen (secondary N) is 1. The number of thioether (sulfide) groups is 1. The van der Waals surface area contributed by atoms with E-state index in [4.69, 9.17) is 0 Å². The summed E-state index contributed by atoms with van der Waals surface area (Å²) in [5.74, 6) is 1.99. The summed E-state index contributed by atoms with van der Waals surface area (Å²) in [4.78, 5) is 18.0. The monoisotopic (exact) mass is 214 g/mol. The molecule has 0 saturated heterocycles. The van der Waals surface area contributed by atoms with Crippen molar-refractivity contribution < 1.29 is 5.11 Å². The van der Waals surface area contributed by atoms with Crippen molar-refractivity contribution in [3.05, 3.63) is 21.7 Å². The van der Waals surface area contributed by atoms with Gasteiger partial charge in [-0.25, -0.2) is 0 Å². The van der Waals surface area contributed by atoms with Gasteiger partial charge in [0.15, 0.2) is 0 Å². The summed E-state index contributed by atoms with van der Waals surface area (Å²) in [5.41, 5.74) is 0.127. The fourth-order valence-electron chi connectivity index (χ4n) is 1.12. The summed E-state index contributed by atoms with van der Waals surface area (Å²) < 4.78 is 0. The van der Waals surface area contributed by atoms with Crippen LogP contribution in [0.4, 0.5) is 0 Å². The molecule has 0 atom stereocenters. The van der Waals surface area contributed by atoms with Crippen molar-refractivity contribution in [1.29, 1.82) is 0 Å². The normalized spacial score (nSPS) is 10.4. The molecule has 0 fully saturated rings. The Kier molecular flexibility index (Phi) is 4.00. The summed E-state index contributed by atoms with van der Waals surface area (Å²) in [6.45, 7) is 3.84. The van der Waals surface area contributed by atoms with Crippen LogP contribution in [0, 0.1) is 0 Å². The van der Waals surface area contributed by atoms with Crippen LogP contribution in [0.5, 0.6) is 5.88 Å². The number of aromatic nitrogens is 2. The second-order valence-electron chi connectivity index (χ2n) is 2.81. The number of hydrogen-bond acceptors (Lipinski definition) is 4. The number of aromatic amines is 1. The van der Waals surface area contributed by atoms with Gasteiger partial charge in [0.1, 0.15) is 5.82 Å². The highest BCUT2D eigenvalue weighted by Crippen LogP contribution is 2.12. The zero-order valence-corrected chi connectivity index (χ0v) is 9.15. The van der Waals surface area contributed by atoms with Crippen molar-refractivity contribution in [2.75, 3.05) is 5.75 Å². The fourth-order valence-corrected chi connectivity index (χ4v) is 1.65. The number of H-pyrrole nitrogens is 1. The maximum Gasteiger partial charge on any atom is 0.257 e. The third-order valence-corrected chi connectivity index (χ3v) is 2.72. The second-order valence-corrected chi connectivity index (χ2v) is 4.08. The van der Waals surface area contributed by atoms with E-state index >= 15 is 0 Å². The molecule has 2 N–H and O–H groups in total. The van der Waals surface area contributed by atoms with Gasteiger partial charge < -0.3 is 10.1 Å². The van der Waals surface area contributed by atoms with E-state index in [9.17, 15) is 9.90 Å². The number of rotatable bonds is 4. The lowest BCUT2D eigenvalue weighted by Crippen LogP contribution is -2.15. The standard InChI is InChI=1S/C9H14N2O2S/c1-3-6-8(12)10-7(5-14-4-2)11-9(6)13/h3-5H2,1-2H3,(H2,10,11,12,13). The van der Waals surface area contributed by atoms with Crippen LogP contribution >= 0.6 is 11.8 Å². The van der Waals surface area contributed by atoms with E-state index in [-0.39, 0.29) is 11.4 Å². The highest BCUT2D eigenvalue weighted by Gasteiger charge is 2.07. The first-order chi connectivity index (χ1) is 6.69. The van der Waals surface area contributed by atoms with Crippen LogP contribution in [0.15, 0.2) is 4.79 Å². The average Bonchev–Trinajstić information content (AvgIpc) is 2.14. The van der Waals surface area contributed by atoms with Gasteiger partial charge >= 0.3 is 0 Å². The van der Waals surface area contributed by atoms with Gasteiger partial charge in [-0.3, -0.25) is 4.79 Å². The van der Waals surface area contributed by atoms with Gasteiger partial charge in [0.25, 0.3) is 5.56 Å². The maximum absolute atomic E-state index is 11.4. The van der Waals surface area contributed by atoms with E-state index in [1.165, 1.54) is 0 Å². The van der Waals surface area contributed by atoms with E-state index in [0.29, 0.717) is 23.6 Å². The van der Waals surface area contributed by atoms with Gasteiger partial charge in [-0.1, -0.05) is 13.8 Å². The Morgan fingerprint density at radius 3 is 2.71 bits per heavy atom. The molecular formula is C9H14N2O2S.